The fraction of sp³-hybridized carbons (Fsp3) is 0.250. The zero-order chi connectivity index (χ0) is 13.8. The third-order valence-electron chi connectivity index (χ3n) is 3.12. The van der Waals surface area contributed by atoms with Crippen LogP contribution in [-0.4, -0.2) is 9.46 Å². The Morgan fingerprint density at radius 3 is 2.16 bits per heavy atom. The van der Waals surface area contributed by atoms with Crippen LogP contribution in [-0.2, 0) is 10.8 Å². The highest BCUT2D eigenvalue weighted by Crippen LogP contribution is 2.29. The smallest absolute Gasteiger partial charge is 0.0729 e. The van der Waals surface area contributed by atoms with Crippen molar-refractivity contribution in [3.05, 3.63) is 65.7 Å². The second-order valence-corrected chi connectivity index (χ2v) is 6.91. The second kappa shape index (κ2) is 6.36. The Bertz CT molecular complexity index is 551. The molecule has 3 atom stereocenters. The molecule has 1 nitrogen and oxygen atoms in total. The molecule has 0 aliphatic heterocycles. The van der Waals surface area contributed by atoms with Gasteiger partial charge in [0.2, 0.25) is 0 Å². The SMILES string of the molecule is Cc1ccc([S@](=O)[C@@H](C)[C@H](Cl)c2ccccc2)cc1. The molecular formula is C16H17ClOS. The molecule has 0 aliphatic rings. The fourth-order valence-electron chi connectivity index (χ4n) is 1.90. The van der Waals surface area contributed by atoms with E-state index in [0.717, 1.165) is 10.5 Å². The van der Waals surface area contributed by atoms with Gasteiger partial charge >= 0.3 is 0 Å². The topological polar surface area (TPSA) is 17.1 Å². The summed E-state index contributed by atoms with van der Waals surface area (Å²) in [4.78, 5) is 0.833. The summed E-state index contributed by atoms with van der Waals surface area (Å²) in [5.74, 6) is 0. The van der Waals surface area contributed by atoms with Gasteiger partial charge in [-0.2, -0.15) is 0 Å². The Hall–Kier alpha value is -1.12. The van der Waals surface area contributed by atoms with Gasteiger partial charge in [-0.3, -0.25) is 4.21 Å². The van der Waals surface area contributed by atoms with E-state index in [9.17, 15) is 4.21 Å². The number of benzene rings is 2. The molecular weight excluding hydrogens is 276 g/mol. The van der Waals surface area contributed by atoms with Crippen LogP contribution in [0, 0.1) is 6.92 Å². The van der Waals surface area contributed by atoms with E-state index in [1.807, 2.05) is 68.4 Å². The van der Waals surface area contributed by atoms with Crippen molar-refractivity contribution < 1.29 is 4.21 Å². The molecule has 2 aromatic carbocycles. The second-order valence-electron chi connectivity index (χ2n) is 4.63. The predicted octanol–water partition coefficient (Wildman–Crippen LogP) is 4.47. The minimum absolute atomic E-state index is 0.133. The van der Waals surface area contributed by atoms with Crippen molar-refractivity contribution >= 4 is 22.4 Å². The Morgan fingerprint density at radius 2 is 1.58 bits per heavy atom. The summed E-state index contributed by atoms with van der Waals surface area (Å²) in [6.45, 7) is 3.95. The predicted molar refractivity (Wildman–Crippen MR) is 82.1 cm³/mol. The van der Waals surface area contributed by atoms with Gasteiger partial charge in [0.15, 0.2) is 0 Å². The lowest BCUT2D eigenvalue weighted by atomic mass is 10.1. The maximum Gasteiger partial charge on any atom is 0.0729 e. The Balaban J connectivity index is 2.17. The van der Waals surface area contributed by atoms with Gasteiger partial charge in [0.25, 0.3) is 0 Å². The molecule has 19 heavy (non-hydrogen) atoms. The summed E-state index contributed by atoms with van der Waals surface area (Å²) >= 11 is 6.44. The van der Waals surface area contributed by atoms with Gasteiger partial charge in [-0.05, 0) is 31.5 Å². The van der Waals surface area contributed by atoms with Crippen molar-refractivity contribution in [2.75, 3.05) is 0 Å². The van der Waals surface area contributed by atoms with Crippen molar-refractivity contribution in [3.8, 4) is 0 Å². The Morgan fingerprint density at radius 1 is 1.00 bits per heavy atom. The van der Waals surface area contributed by atoms with Crippen LogP contribution < -0.4 is 0 Å². The maximum atomic E-state index is 12.5. The molecule has 100 valence electrons. The van der Waals surface area contributed by atoms with Gasteiger partial charge in [0, 0.05) is 4.90 Å². The molecule has 0 bridgehead atoms. The monoisotopic (exact) mass is 292 g/mol. The van der Waals surface area contributed by atoms with Gasteiger partial charge in [-0.15, -0.1) is 11.6 Å². The van der Waals surface area contributed by atoms with Gasteiger partial charge < -0.3 is 0 Å². The molecule has 3 heteroatoms. The van der Waals surface area contributed by atoms with Gasteiger partial charge in [0.05, 0.1) is 21.4 Å². The van der Waals surface area contributed by atoms with Crippen LogP contribution in [0.25, 0.3) is 0 Å². The molecule has 2 rings (SSSR count). The van der Waals surface area contributed by atoms with E-state index in [-0.39, 0.29) is 10.6 Å². The van der Waals surface area contributed by atoms with Crippen LogP contribution >= 0.6 is 11.6 Å². The number of aryl methyl sites for hydroxylation is 1. The first kappa shape index (κ1) is 14.3. The number of alkyl halides is 1. The average Bonchev–Trinajstić information content (AvgIpc) is 2.46. The first-order chi connectivity index (χ1) is 9.09. The number of hydrogen-bond donors (Lipinski definition) is 0. The molecule has 2 aromatic rings. The van der Waals surface area contributed by atoms with Gasteiger partial charge in [-0.1, -0.05) is 48.0 Å². The van der Waals surface area contributed by atoms with E-state index < -0.39 is 10.8 Å². The first-order valence-electron chi connectivity index (χ1n) is 6.26. The molecule has 0 heterocycles. The van der Waals surface area contributed by atoms with Crippen molar-refractivity contribution in [2.45, 2.75) is 29.4 Å². The highest BCUT2D eigenvalue weighted by molar-refractivity contribution is 7.85. The molecule has 0 aliphatic carbocycles. The lowest BCUT2D eigenvalue weighted by Crippen LogP contribution is -2.17. The third-order valence-corrected chi connectivity index (χ3v) is 5.58. The van der Waals surface area contributed by atoms with Crippen molar-refractivity contribution in [2.24, 2.45) is 0 Å². The highest BCUT2D eigenvalue weighted by Gasteiger charge is 2.23. The zero-order valence-electron chi connectivity index (χ0n) is 11.0. The fourth-order valence-corrected chi connectivity index (χ4v) is 3.54. The summed E-state index contributed by atoms with van der Waals surface area (Å²) in [7, 11) is -1.10. The maximum absolute atomic E-state index is 12.5. The molecule has 0 unspecified atom stereocenters. The van der Waals surface area contributed by atoms with Crippen molar-refractivity contribution in [1.82, 2.24) is 0 Å². The standard InChI is InChI=1S/C16H17ClOS/c1-12-8-10-15(11-9-12)19(18)13(2)16(17)14-6-4-3-5-7-14/h3-11,13,16H,1-2H3/t13-,16-,19+/m0/s1. The summed E-state index contributed by atoms with van der Waals surface area (Å²) in [5.41, 5.74) is 2.18. The Labute approximate surface area is 122 Å². The van der Waals surface area contributed by atoms with E-state index in [2.05, 4.69) is 0 Å². The highest BCUT2D eigenvalue weighted by atomic mass is 35.5. The normalized spacial score (nSPS) is 15.7. The number of rotatable bonds is 4. The first-order valence-corrected chi connectivity index (χ1v) is 7.91. The van der Waals surface area contributed by atoms with Crippen molar-refractivity contribution in [1.29, 1.82) is 0 Å². The minimum atomic E-state index is -1.10. The van der Waals surface area contributed by atoms with Crippen LogP contribution in [0.15, 0.2) is 59.5 Å². The molecule has 0 fully saturated rings. The zero-order valence-corrected chi connectivity index (χ0v) is 12.6. The quantitative estimate of drug-likeness (QED) is 0.760. The average molecular weight is 293 g/mol. The lowest BCUT2D eigenvalue weighted by Gasteiger charge is -2.18. The van der Waals surface area contributed by atoms with E-state index in [1.54, 1.807) is 0 Å². The van der Waals surface area contributed by atoms with Crippen molar-refractivity contribution in [3.63, 3.8) is 0 Å². The van der Waals surface area contributed by atoms with Gasteiger partial charge in [0.1, 0.15) is 0 Å². The summed E-state index contributed by atoms with van der Waals surface area (Å²) in [5, 5.41) is -0.380. The van der Waals surface area contributed by atoms with Crippen LogP contribution in [0.1, 0.15) is 23.4 Å². The van der Waals surface area contributed by atoms with E-state index in [1.165, 1.54) is 5.56 Å². The largest absolute Gasteiger partial charge is 0.254 e. The molecule has 0 radical (unpaired) electrons. The summed E-state index contributed by atoms with van der Waals surface area (Å²) in [6, 6.07) is 17.6. The van der Waals surface area contributed by atoms with E-state index in [0.29, 0.717) is 0 Å². The lowest BCUT2D eigenvalue weighted by molar-refractivity contribution is 0.670. The molecule has 0 amide bonds. The van der Waals surface area contributed by atoms with Crippen LogP contribution in [0.4, 0.5) is 0 Å². The molecule has 0 saturated carbocycles. The Kier molecular flexibility index (Phi) is 4.78. The van der Waals surface area contributed by atoms with E-state index in [4.69, 9.17) is 11.6 Å². The van der Waals surface area contributed by atoms with Crippen LogP contribution in [0.5, 0.6) is 0 Å². The molecule has 0 aromatic heterocycles. The minimum Gasteiger partial charge on any atom is -0.254 e. The summed E-state index contributed by atoms with van der Waals surface area (Å²) < 4.78 is 12.5. The number of halogens is 1. The molecule has 0 spiro atoms. The van der Waals surface area contributed by atoms with Gasteiger partial charge in [-0.25, -0.2) is 0 Å². The van der Waals surface area contributed by atoms with Crippen LogP contribution in [0.3, 0.4) is 0 Å². The molecule has 0 N–H and O–H groups in total. The third kappa shape index (κ3) is 3.46. The number of hydrogen-bond acceptors (Lipinski definition) is 1. The molecule has 0 saturated heterocycles. The van der Waals surface area contributed by atoms with E-state index >= 15 is 0 Å². The summed E-state index contributed by atoms with van der Waals surface area (Å²) in [6.07, 6.45) is 0. The van der Waals surface area contributed by atoms with Crippen LogP contribution in [0.2, 0.25) is 0 Å².